The van der Waals surface area contributed by atoms with Gasteiger partial charge in [0.1, 0.15) is 0 Å². The molecule has 0 aliphatic carbocycles. The van der Waals surface area contributed by atoms with Crippen molar-refractivity contribution in [3.8, 4) is 0 Å². The van der Waals surface area contributed by atoms with Gasteiger partial charge in [0.15, 0.2) is 0 Å². The zero-order valence-corrected chi connectivity index (χ0v) is 12.5. The lowest BCUT2D eigenvalue weighted by Crippen LogP contribution is -2.53. The van der Waals surface area contributed by atoms with E-state index >= 15 is 0 Å². The zero-order valence-electron chi connectivity index (χ0n) is 12.5. The average Bonchev–Trinajstić information content (AvgIpc) is 2.46. The van der Waals surface area contributed by atoms with Gasteiger partial charge in [-0.05, 0) is 13.8 Å². The molecule has 3 unspecified atom stereocenters. The minimum Gasteiger partial charge on any atom is -0.481 e. The molecule has 21 heavy (non-hydrogen) atoms. The Bertz CT molecular complexity index is 400. The fourth-order valence-electron chi connectivity index (χ4n) is 1.92. The summed E-state index contributed by atoms with van der Waals surface area (Å²) in [4.78, 5) is 35.7. The van der Waals surface area contributed by atoms with Gasteiger partial charge in [-0.15, -0.1) is 0 Å². The Labute approximate surface area is 123 Å². The highest BCUT2D eigenvalue weighted by molar-refractivity contribution is 5.77. The molecule has 0 spiro atoms. The van der Waals surface area contributed by atoms with Crippen LogP contribution in [-0.4, -0.2) is 66.9 Å². The van der Waals surface area contributed by atoms with E-state index in [1.807, 2.05) is 0 Å². The lowest BCUT2D eigenvalue weighted by molar-refractivity contribution is -0.145. The number of ether oxygens (including phenoxy) is 2. The maximum Gasteiger partial charge on any atom is 0.317 e. The number of nitrogens with zero attached hydrogens (tertiary/aromatic N) is 1. The molecule has 2 amide bonds. The lowest BCUT2D eigenvalue weighted by atomic mass is 10.0. The molecule has 2 N–H and O–H groups in total. The molecule has 0 aromatic carbocycles. The molecule has 8 nitrogen and oxygen atoms in total. The molecule has 1 heterocycles. The Kier molecular flexibility index (Phi) is 6.41. The predicted molar refractivity (Wildman–Crippen MR) is 72.7 cm³/mol. The van der Waals surface area contributed by atoms with Gasteiger partial charge in [-0.25, -0.2) is 4.79 Å². The third-order valence-corrected chi connectivity index (χ3v) is 3.54. The Morgan fingerprint density at radius 1 is 1.43 bits per heavy atom. The van der Waals surface area contributed by atoms with Crippen molar-refractivity contribution in [1.29, 1.82) is 0 Å². The number of urea groups is 1. The molecule has 8 heteroatoms. The quantitative estimate of drug-likeness (QED) is 0.696. The molecular formula is C13H22N2O6. The highest BCUT2D eigenvalue weighted by Gasteiger charge is 2.28. The predicted octanol–water partition coefficient (Wildman–Crippen LogP) is 0.0691. The van der Waals surface area contributed by atoms with Crippen molar-refractivity contribution >= 4 is 18.0 Å². The van der Waals surface area contributed by atoms with Crippen LogP contribution < -0.4 is 5.32 Å². The first kappa shape index (κ1) is 17.2. The summed E-state index contributed by atoms with van der Waals surface area (Å²) in [5.41, 5.74) is 0. The second-order valence-corrected chi connectivity index (χ2v) is 5.08. The molecule has 3 atom stereocenters. The fraction of sp³-hybridized carbons (Fsp3) is 0.769. The number of amides is 2. The van der Waals surface area contributed by atoms with Crippen molar-refractivity contribution in [1.82, 2.24) is 10.2 Å². The summed E-state index contributed by atoms with van der Waals surface area (Å²) in [5, 5.41) is 11.6. The Balaban J connectivity index is 2.50. The van der Waals surface area contributed by atoms with Crippen molar-refractivity contribution in [3.63, 3.8) is 0 Å². The molecule has 0 saturated carbocycles. The average molecular weight is 302 g/mol. The van der Waals surface area contributed by atoms with Crippen LogP contribution in [0.2, 0.25) is 0 Å². The standard InChI is InChI=1S/C13H22N2O6/c1-8(12(17)18)9(2)14-13(19)15-4-5-21-10(7-15)6-11(16)20-3/h8-10H,4-7H2,1-3H3,(H,14,19)(H,17,18). The number of carboxylic acid groups (broad SMARTS) is 1. The van der Waals surface area contributed by atoms with Gasteiger partial charge in [0.25, 0.3) is 0 Å². The summed E-state index contributed by atoms with van der Waals surface area (Å²) in [6, 6.07) is -0.842. The fourth-order valence-corrected chi connectivity index (χ4v) is 1.92. The molecule has 1 saturated heterocycles. The number of aliphatic carboxylic acids is 1. The van der Waals surface area contributed by atoms with Gasteiger partial charge in [0.2, 0.25) is 0 Å². The van der Waals surface area contributed by atoms with Crippen molar-refractivity contribution in [3.05, 3.63) is 0 Å². The van der Waals surface area contributed by atoms with Crippen molar-refractivity contribution < 1.29 is 29.0 Å². The number of carbonyl (C=O) groups is 3. The van der Waals surface area contributed by atoms with E-state index in [2.05, 4.69) is 10.1 Å². The minimum absolute atomic E-state index is 0.0847. The van der Waals surface area contributed by atoms with Gasteiger partial charge in [-0.2, -0.15) is 0 Å². The van der Waals surface area contributed by atoms with Crippen LogP contribution in [0.1, 0.15) is 20.3 Å². The van der Waals surface area contributed by atoms with Crippen LogP contribution >= 0.6 is 0 Å². The van der Waals surface area contributed by atoms with E-state index in [0.29, 0.717) is 13.2 Å². The van der Waals surface area contributed by atoms with Crippen molar-refractivity contribution in [2.75, 3.05) is 26.8 Å². The third kappa shape index (κ3) is 5.22. The van der Waals surface area contributed by atoms with Crippen LogP contribution in [-0.2, 0) is 19.1 Å². The number of carboxylic acids is 1. The molecule has 0 aromatic rings. The van der Waals surface area contributed by atoms with Crippen molar-refractivity contribution in [2.24, 2.45) is 5.92 Å². The van der Waals surface area contributed by atoms with E-state index in [0.717, 1.165) is 0 Å². The topological polar surface area (TPSA) is 105 Å². The number of rotatable bonds is 5. The Morgan fingerprint density at radius 3 is 2.67 bits per heavy atom. The first-order chi connectivity index (χ1) is 9.85. The number of carbonyl (C=O) groups excluding carboxylic acids is 2. The lowest BCUT2D eigenvalue weighted by Gasteiger charge is -2.33. The number of nitrogens with one attached hydrogen (secondary N) is 1. The van der Waals surface area contributed by atoms with E-state index in [-0.39, 0.29) is 19.0 Å². The molecule has 1 aliphatic rings. The summed E-state index contributed by atoms with van der Waals surface area (Å²) in [5.74, 6) is -2.04. The van der Waals surface area contributed by atoms with Gasteiger partial charge in [-0.1, -0.05) is 0 Å². The van der Waals surface area contributed by atoms with E-state index in [9.17, 15) is 14.4 Å². The number of hydrogen-bond acceptors (Lipinski definition) is 5. The van der Waals surface area contributed by atoms with Crippen LogP contribution in [0, 0.1) is 5.92 Å². The van der Waals surface area contributed by atoms with Gasteiger partial charge in [-0.3, -0.25) is 9.59 Å². The molecule has 1 aliphatic heterocycles. The summed E-state index contributed by atoms with van der Waals surface area (Å²) in [7, 11) is 1.30. The third-order valence-electron chi connectivity index (χ3n) is 3.54. The molecule has 1 fully saturated rings. The van der Waals surface area contributed by atoms with Crippen LogP contribution in [0.4, 0.5) is 4.79 Å². The smallest absolute Gasteiger partial charge is 0.317 e. The van der Waals surface area contributed by atoms with Crippen molar-refractivity contribution in [2.45, 2.75) is 32.4 Å². The second kappa shape index (κ2) is 7.82. The van der Waals surface area contributed by atoms with Gasteiger partial charge < -0.3 is 24.8 Å². The summed E-state index contributed by atoms with van der Waals surface area (Å²) in [6.45, 7) is 4.18. The number of esters is 1. The SMILES string of the molecule is COC(=O)CC1CN(C(=O)NC(C)C(C)C(=O)O)CCO1. The van der Waals surface area contributed by atoms with Gasteiger partial charge in [0.05, 0.1) is 32.2 Å². The van der Waals surface area contributed by atoms with E-state index in [4.69, 9.17) is 9.84 Å². The van der Waals surface area contributed by atoms with Crippen LogP contribution in [0.15, 0.2) is 0 Å². The number of morpholine rings is 1. The highest BCUT2D eigenvalue weighted by atomic mass is 16.5. The number of methoxy groups -OCH3 is 1. The van der Waals surface area contributed by atoms with Gasteiger partial charge in [0, 0.05) is 19.1 Å². The van der Waals surface area contributed by atoms with Crippen LogP contribution in [0.25, 0.3) is 0 Å². The van der Waals surface area contributed by atoms with Gasteiger partial charge >= 0.3 is 18.0 Å². The first-order valence-corrected chi connectivity index (χ1v) is 6.81. The van der Waals surface area contributed by atoms with E-state index in [1.54, 1.807) is 6.92 Å². The highest BCUT2D eigenvalue weighted by Crippen LogP contribution is 2.11. The van der Waals surface area contributed by atoms with E-state index < -0.39 is 30.0 Å². The Hall–Kier alpha value is -1.83. The van der Waals surface area contributed by atoms with Crippen LogP contribution in [0.5, 0.6) is 0 Å². The maximum atomic E-state index is 12.1. The molecule has 120 valence electrons. The molecular weight excluding hydrogens is 280 g/mol. The molecule has 1 rings (SSSR count). The largest absolute Gasteiger partial charge is 0.481 e. The first-order valence-electron chi connectivity index (χ1n) is 6.81. The maximum absolute atomic E-state index is 12.1. The summed E-state index contributed by atoms with van der Waals surface area (Å²) < 4.78 is 9.97. The van der Waals surface area contributed by atoms with E-state index in [1.165, 1.54) is 18.9 Å². The molecule has 0 aromatic heterocycles. The minimum atomic E-state index is -0.964. The monoisotopic (exact) mass is 302 g/mol. The number of hydrogen-bond donors (Lipinski definition) is 2. The zero-order chi connectivity index (χ0) is 16.0. The summed E-state index contributed by atoms with van der Waals surface area (Å²) in [6.07, 6.45) is -0.314. The Morgan fingerprint density at radius 2 is 2.10 bits per heavy atom. The van der Waals surface area contributed by atoms with Crippen LogP contribution in [0.3, 0.4) is 0 Å². The normalized spacial score (nSPS) is 21.3. The summed E-state index contributed by atoms with van der Waals surface area (Å²) >= 11 is 0. The molecule has 0 radical (unpaired) electrons. The second-order valence-electron chi connectivity index (χ2n) is 5.08. The molecule has 0 bridgehead atoms.